The van der Waals surface area contributed by atoms with E-state index in [2.05, 4.69) is 191 Å². The SMILES string of the molecule is C=C/C=C(C=C)/C(=C\C/C=C\C=C/C)/C=C/N(/C(C=C)=C(CCCC=C)/C(C)=C\C)c1ccc(-c2ccc(-c3ccccc3)c(-c3ccc(/C=C\C)c(C=C)c3)c2)cc1. The van der Waals surface area contributed by atoms with Gasteiger partial charge in [-0.2, -0.15) is 0 Å². The minimum absolute atomic E-state index is 0.773. The van der Waals surface area contributed by atoms with Gasteiger partial charge in [0, 0.05) is 17.6 Å². The number of rotatable bonds is 21. The summed E-state index contributed by atoms with van der Waals surface area (Å²) < 4.78 is 0. The second kappa shape index (κ2) is 24.2. The molecule has 0 heterocycles. The molecule has 0 saturated carbocycles. The van der Waals surface area contributed by atoms with Gasteiger partial charge < -0.3 is 4.90 Å². The molecule has 0 aliphatic carbocycles. The molecular formula is C58H61N. The third-order valence-electron chi connectivity index (χ3n) is 10.2. The van der Waals surface area contributed by atoms with Gasteiger partial charge >= 0.3 is 0 Å². The Morgan fingerprint density at radius 1 is 0.678 bits per heavy atom. The van der Waals surface area contributed by atoms with Crippen LogP contribution in [0.25, 0.3) is 45.5 Å². The van der Waals surface area contributed by atoms with Gasteiger partial charge in [-0.25, -0.2) is 0 Å². The molecule has 0 aliphatic heterocycles. The van der Waals surface area contributed by atoms with Crippen LogP contribution in [0.15, 0.2) is 237 Å². The second-order valence-corrected chi connectivity index (χ2v) is 14.0. The van der Waals surface area contributed by atoms with Gasteiger partial charge in [0.25, 0.3) is 0 Å². The van der Waals surface area contributed by atoms with Gasteiger partial charge in [-0.15, -0.1) is 6.58 Å². The lowest BCUT2D eigenvalue weighted by Gasteiger charge is -2.26. The largest absolute Gasteiger partial charge is 0.317 e. The Kier molecular flexibility index (Phi) is 18.4. The van der Waals surface area contributed by atoms with E-state index in [0.717, 1.165) is 76.0 Å². The van der Waals surface area contributed by atoms with Crippen molar-refractivity contribution in [2.45, 2.75) is 53.4 Å². The topological polar surface area (TPSA) is 3.24 Å². The maximum Gasteiger partial charge on any atom is 0.0484 e. The van der Waals surface area contributed by atoms with Crippen molar-refractivity contribution in [2.75, 3.05) is 4.90 Å². The Hall–Kier alpha value is -6.70. The molecule has 0 spiro atoms. The van der Waals surface area contributed by atoms with Crippen LogP contribution < -0.4 is 4.90 Å². The third-order valence-corrected chi connectivity index (χ3v) is 10.2. The van der Waals surface area contributed by atoms with Gasteiger partial charge in [-0.1, -0.05) is 178 Å². The Bertz CT molecular complexity index is 2320. The number of nitrogens with zero attached hydrogens (tertiary/aromatic N) is 1. The molecule has 0 N–H and O–H groups in total. The minimum Gasteiger partial charge on any atom is -0.317 e. The van der Waals surface area contributed by atoms with Crippen molar-refractivity contribution < 1.29 is 0 Å². The van der Waals surface area contributed by atoms with E-state index in [1.165, 1.54) is 27.8 Å². The average molecular weight is 772 g/mol. The second-order valence-electron chi connectivity index (χ2n) is 14.0. The van der Waals surface area contributed by atoms with Crippen LogP contribution in [0.4, 0.5) is 5.69 Å². The summed E-state index contributed by atoms with van der Waals surface area (Å²) in [6.07, 6.45) is 36.4. The van der Waals surface area contributed by atoms with Crippen molar-refractivity contribution in [1.82, 2.24) is 0 Å². The van der Waals surface area contributed by atoms with E-state index >= 15 is 0 Å². The highest BCUT2D eigenvalue weighted by molar-refractivity contribution is 5.88. The lowest BCUT2D eigenvalue weighted by molar-refractivity contribution is 0.828. The zero-order chi connectivity index (χ0) is 42.4. The predicted molar refractivity (Wildman–Crippen MR) is 265 cm³/mol. The summed E-state index contributed by atoms with van der Waals surface area (Å²) in [5, 5.41) is 0. The van der Waals surface area contributed by atoms with Gasteiger partial charge in [-0.05, 0) is 151 Å². The molecule has 0 atom stereocenters. The van der Waals surface area contributed by atoms with Crippen molar-refractivity contribution in [2.24, 2.45) is 0 Å². The summed E-state index contributed by atoms with van der Waals surface area (Å²) in [5.41, 5.74) is 15.8. The standard InChI is InChI=1S/C58H61N/c1-10-18-20-21-24-29-49(46(15-6)27-12-3)41-42-59(58(17-8)55(45(9)14-5)32-23-19-11-2)54-38-35-50(36-39-54)52-37-40-56(51-30-25-22-26-31-51)57(44-52)53-34-33-48(28-13-4)47(16-7)43-53/h10-18,20-22,25-31,33-44H,2-3,6-8,19,23-24,32H2,1,4-5,9H3/b18-10-,21-20-,28-13-,42-41+,45-14-,46-27+,49-29-,58-55+. The van der Waals surface area contributed by atoms with E-state index in [0.29, 0.717) is 0 Å². The summed E-state index contributed by atoms with van der Waals surface area (Å²) in [5.74, 6) is 0. The molecule has 0 radical (unpaired) electrons. The molecule has 1 heteroatoms. The molecule has 0 unspecified atom stereocenters. The summed E-state index contributed by atoms with van der Waals surface area (Å²) in [7, 11) is 0. The molecule has 1 nitrogen and oxygen atoms in total. The first-order valence-corrected chi connectivity index (χ1v) is 20.6. The molecule has 4 aromatic carbocycles. The molecular weight excluding hydrogens is 711 g/mol. The highest BCUT2D eigenvalue weighted by atomic mass is 15.1. The van der Waals surface area contributed by atoms with Gasteiger partial charge in [-0.3, -0.25) is 0 Å². The van der Waals surface area contributed by atoms with Gasteiger partial charge in [0.15, 0.2) is 0 Å². The average Bonchev–Trinajstić information content (AvgIpc) is 3.28. The van der Waals surface area contributed by atoms with Crippen LogP contribution in [-0.2, 0) is 0 Å². The molecule has 0 aromatic heterocycles. The number of unbranched alkanes of at least 4 members (excludes halogenated alkanes) is 1. The molecule has 59 heavy (non-hydrogen) atoms. The first kappa shape index (κ1) is 45.0. The number of hydrogen-bond donors (Lipinski definition) is 0. The lowest BCUT2D eigenvalue weighted by atomic mass is 9.89. The molecule has 298 valence electrons. The van der Waals surface area contributed by atoms with Crippen molar-refractivity contribution in [3.8, 4) is 33.4 Å². The monoisotopic (exact) mass is 771 g/mol. The Labute approximate surface area is 356 Å². The van der Waals surface area contributed by atoms with Crippen molar-refractivity contribution in [3.05, 3.63) is 248 Å². The smallest absolute Gasteiger partial charge is 0.0484 e. The minimum atomic E-state index is 0.773. The van der Waals surface area contributed by atoms with Crippen LogP contribution in [0, 0.1) is 0 Å². The lowest BCUT2D eigenvalue weighted by Crippen LogP contribution is -2.17. The van der Waals surface area contributed by atoms with Gasteiger partial charge in [0.05, 0.1) is 0 Å². The summed E-state index contributed by atoms with van der Waals surface area (Å²) in [6.45, 7) is 28.9. The van der Waals surface area contributed by atoms with E-state index in [-0.39, 0.29) is 0 Å². The maximum absolute atomic E-state index is 4.36. The summed E-state index contributed by atoms with van der Waals surface area (Å²) in [6, 6.07) is 32.9. The van der Waals surface area contributed by atoms with E-state index in [4.69, 9.17) is 0 Å². The fraction of sp³-hybridized carbons (Fsp3) is 0.138. The molecule has 4 aromatic rings. The van der Waals surface area contributed by atoms with Crippen LogP contribution in [0.3, 0.4) is 0 Å². The molecule has 0 saturated heterocycles. The zero-order valence-electron chi connectivity index (χ0n) is 35.7. The first-order valence-electron chi connectivity index (χ1n) is 20.6. The van der Waals surface area contributed by atoms with E-state index in [1.54, 1.807) is 0 Å². The number of benzene rings is 4. The molecule has 4 rings (SSSR count). The number of allylic oxidation sites excluding steroid dienone is 17. The fourth-order valence-electron chi connectivity index (χ4n) is 7.00. The van der Waals surface area contributed by atoms with Crippen LogP contribution in [-0.4, -0.2) is 0 Å². The Morgan fingerprint density at radius 2 is 1.42 bits per heavy atom. The highest BCUT2D eigenvalue weighted by Gasteiger charge is 2.16. The molecule has 0 aliphatic rings. The highest BCUT2D eigenvalue weighted by Crippen LogP contribution is 2.38. The molecule has 0 fully saturated rings. The number of hydrogen-bond acceptors (Lipinski definition) is 1. The summed E-state index contributed by atoms with van der Waals surface area (Å²) in [4.78, 5) is 2.26. The van der Waals surface area contributed by atoms with Crippen LogP contribution >= 0.6 is 0 Å². The fourth-order valence-corrected chi connectivity index (χ4v) is 7.00. The van der Waals surface area contributed by atoms with Crippen LogP contribution in [0.5, 0.6) is 0 Å². The van der Waals surface area contributed by atoms with Crippen molar-refractivity contribution in [1.29, 1.82) is 0 Å². The Balaban J connectivity index is 1.91. The molecule has 0 bridgehead atoms. The first-order chi connectivity index (χ1) is 28.9. The van der Waals surface area contributed by atoms with Crippen LogP contribution in [0.2, 0.25) is 0 Å². The maximum atomic E-state index is 4.36. The third kappa shape index (κ3) is 12.4. The van der Waals surface area contributed by atoms with Gasteiger partial charge in [0.1, 0.15) is 0 Å². The Morgan fingerprint density at radius 3 is 2.07 bits per heavy atom. The zero-order valence-corrected chi connectivity index (χ0v) is 35.7. The van der Waals surface area contributed by atoms with Gasteiger partial charge in [0.2, 0.25) is 0 Å². The van der Waals surface area contributed by atoms with Crippen molar-refractivity contribution >= 4 is 17.8 Å². The molecule has 0 amide bonds. The van der Waals surface area contributed by atoms with Crippen molar-refractivity contribution in [3.63, 3.8) is 0 Å². The van der Waals surface area contributed by atoms with E-state index in [1.807, 2.05) is 62.5 Å². The quantitative estimate of drug-likeness (QED) is 0.0463. The number of anilines is 1. The summed E-state index contributed by atoms with van der Waals surface area (Å²) >= 11 is 0. The van der Waals surface area contributed by atoms with E-state index in [9.17, 15) is 0 Å². The predicted octanol–water partition coefficient (Wildman–Crippen LogP) is 17.2. The normalized spacial score (nSPS) is 13.0. The van der Waals surface area contributed by atoms with Crippen LogP contribution in [0.1, 0.15) is 64.5 Å². The van der Waals surface area contributed by atoms with E-state index < -0.39 is 0 Å².